The fourth-order valence-corrected chi connectivity index (χ4v) is 5.12. The van der Waals surface area contributed by atoms with Crippen molar-refractivity contribution in [2.24, 2.45) is 0 Å². The first-order valence-corrected chi connectivity index (χ1v) is 8.74. The van der Waals surface area contributed by atoms with Gasteiger partial charge in [-0.15, -0.1) is 0 Å². The topological polar surface area (TPSA) is 73.9 Å². The average molecular weight is 350 g/mol. The number of carbonyl (C=O) groups is 1. The van der Waals surface area contributed by atoms with Crippen molar-refractivity contribution in [3.05, 3.63) is 41.3 Å². The van der Waals surface area contributed by atoms with Crippen molar-refractivity contribution in [3.63, 3.8) is 0 Å². The van der Waals surface area contributed by atoms with E-state index in [4.69, 9.17) is 13.9 Å². The maximum Gasteiger partial charge on any atom is 0.359 e. The summed E-state index contributed by atoms with van der Waals surface area (Å²) in [5.41, 5.74) is 1.90. The van der Waals surface area contributed by atoms with Gasteiger partial charge in [-0.2, -0.15) is 5.26 Å². The molecule has 0 amide bonds. The van der Waals surface area contributed by atoms with Crippen molar-refractivity contribution in [2.75, 3.05) is 13.7 Å². The third kappa shape index (κ3) is 1.70. The molecule has 131 valence electrons. The summed E-state index contributed by atoms with van der Waals surface area (Å²) in [7, 11) is 1.65. The lowest BCUT2D eigenvalue weighted by molar-refractivity contribution is -0.422. The van der Waals surface area contributed by atoms with E-state index in [1.807, 2.05) is 17.0 Å². The second kappa shape index (κ2) is 5.10. The van der Waals surface area contributed by atoms with Crippen molar-refractivity contribution >= 4 is 11.8 Å². The van der Waals surface area contributed by atoms with E-state index in [-0.39, 0.29) is 23.5 Å². The lowest BCUT2D eigenvalue weighted by Crippen LogP contribution is -2.63. The zero-order chi connectivity index (χ0) is 18.1. The zero-order valence-electron chi connectivity index (χ0n) is 14.6. The average Bonchev–Trinajstić information content (AvgIpc) is 2.97. The molecule has 1 spiro atoms. The summed E-state index contributed by atoms with van der Waals surface area (Å²) in [5, 5.41) is 9.58. The number of hydrogen-bond donors (Lipinski definition) is 0. The summed E-state index contributed by atoms with van der Waals surface area (Å²) in [6.45, 7) is 2.06. The Balaban J connectivity index is 1.78. The van der Waals surface area contributed by atoms with Crippen LogP contribution in [-0.2, 0) is 21.1 Å². The molecule has 6 heteroatoms. The van der Waals surface area contributed by atoms with E-state index in [1.54, 1.807) is 13.2 Å². The van der Waals surface area contributed by atoms with Crippen LogP contribution in [0, 0.1) is 17.4 Å². The van der Waals surface area contributed by atoms with Crippen LogP contribution in [0.2, 0.25) is 0 Å². The van der Waals surface area contributed by atoms with Gasteiger partial charge in [0.15, 0.2) is 17.7 Å². The molecule has 2 bridgehead atoms. The van der Waals surface area contributed by atoms with E-state index in [9.17, 15) is 10.1 Å². The highest BCUT2D eigenvalue weighted by Gasteiger charge is 2.67. The number of esters is 1. The quantitative estimate of drug-likeness (QED) is 0.333. The minimum absolute atomic E-state index is 0.0348. The van der Waals surface area contributed by atoms with E-state index >= 15 is 0 Å². The van der Waals surface area contributed by atoms with E-state index in [2.05, 4.69) is 12.3 Å². The van der Waals surface area contributed by atoms with Gasteiger partial charge in [-0.3, -0.25) is 9.22 Å². The van der Waals surface area contributed by atoms with Gasteiger partial charge in [0.05, 0.1) is 11.5 Å². The molecule has 0 unspecified atom stereocenters. The van der Waals surface area contributed by atoms with Gasteiger partial charge in [0, 0.05) is 31.0 Å². The molecule has 1 aromatic carbocycles. The molecule has 1 fully saturated rings. The number of rotatable bonds is 1. The molecule has 2 aliphatic heterocycles. The van der Waals surface area contributed by atoms with Crippen LogP contribution in [0.15, 0.2) is 24.3 Å². The number of ketones is 1. The third-order valence-electron chi connectivity index (χ3n) is 6.05. The fraction of sp³-hybridized carbons (Fsp3) is 0.400. The van der Waals surface area contributed by atoms with Crippen molar-refractivity contribution in [1.29, 1.82) is 5.26 Å². The number of likely N-dealkylation sites (tertiary alicyclic amines) is 1. The van der Waals surface area contributed by atoms with Gasteiger partial charge in [0.25, 0.3) is 7.11 Å². The fourth-order valence-electron chi connectivity index (χ4n) is 5.12. The molecular formula is C20H18N2O4+. The number of carbonyl (C=O) groups excluding carboxylic acids is 2. The second-order valence-electron chi connectivity index (χ2n) is 7.15. The Morgan fingerprint density at radius 1 is 1.46 bits per heavy atom. The summed E-state index contributed by atoms with van der Waals surface area (Å²) >= 11 is 0. The first-order chi connectivity index (χ1) is 12.6. The van der Waals surface area contributed by atoms with Crippen LogP contribution in [0.3, 0.4) is 0 Å². The SMILES string of the molecule is C[O+]=C1C=C[C]2[C@H]3Cc4ccc(OC(C)=O)c5c4[C@@]2(CCN3C#N)[C@H]1O5. The second-order valence-corrected chi connectivity index (χ2v) is 7.15. The number of benzene rings is 1. The predicted molar refractivity (Wildman–Crippen MR) is 91.6 cm³/mol. The summed E-state index contributed by atoms with van der Waals surface area (Å²) in [6, 6.07) is 3.83. The van der Waals surface area contributed by atoms with E-state index in [1.165, 1.54) is 12.8 Å². The Hall–Kier alpha value is -2.81. The highest BCUT2D eigenvalue weighted by Crippen LogP contribution is 2.62. The normalized spacial score (nSPS) is 32.0. The van der Waals surface area contributed by atoms with Crippen LogP contribution < -0.4 is 9.47 Å². The first-order valence-electron chi connectivity index (χ1n) is 8.74. The van der Waals surface area contributed by atoms with Crippen LogP contribution in [-0.4, -0.2) is 42.5 Å². The Bertz CT molecular complexity index is 928. The summed E-state index contributed by atoms with van der Waals surface area (Å²) in [4.78, 5) is 13.4. The van der Waals surface area contributed by atoms with Gasteiger partial charge in [-0.25, -0.2) is 0 Å². The molecule has 0 aromatic heterocycles. The lowest BCUT2D eigenvalue weighted by atomic mass is 9.53. The molecule has 2 heterocycles. The molecule has 0 N–H and O–H groups in total. The number of nitrogens with zero attached hydrogens (tertiary/aromatic N) is 2. The number of piperidine rings is 1. The van der Waals surface area contributed by atoms with Gasteiger partial charge in [-0.1, -0.05) is 12.1 Å². The molecule has 1 aromatic rings. The highest BCUT2D eigenvalue weighted by atomic mass is 16.6. The molecule has 3 atom stereocenters. The lowest BCUT2D eigenvalue weighted by Gasteiger charge is -2.53. The zero-order valence-corrected chi connectivity index (χ0v) is 14.6. The molecule has 1 radical (unpaired) electrons. The van der Waals surface area contributed by atoms with E-state index < -0.39 is 0 Å². The molecule has 4 aliphatic rings. The smallest absolute Gasteiger partial charge is 0.359 e. The van der Waals surface area contributed by atoms with Crippen LogP contribution in [0.25, 0.3) is 0 Å². The molecule has 6 nitrogen and oxygen atoms in total. The number of ether oxygens (including phenoxy) is 2. The van der Waals surface area contributed by atoms with E-state index in [0.29, 0.717) is 18.0 Å². The van der Waals surface area contributed by atoms with Gasteiger partial charge >= 0.3 is 11.8 Å². The summed E-state index contributed by atoms with van der Waals surface area (Å²) in [6.07, 6.45) is 7.59. The van der Waals surface area contributed by atoms with Crippen LogP contribution in [0.5, 0.6) is 11.5 Å². The molecule has 5 rings (SSSR count). The van der Waals surface area contributed by atoms with Crippen LogP contribution >= 0.6 is 0 Å². The Morgan fingerprint density at radius 2 is 2.31 bits per heavy atom. The Morgan fingerprint density at radius 3 is 3.04 bits per heavy atom. The number of nitriles is 1. The van der Waals surface area contributed by atoms with Gasteiger partial charge < -0.3 is 14.4 Å². The molecule has 2 aliphatic carbocycles. The predicted octanol–water partition coefficient (Wildman–Crippen LogP) is 1.60. The standard InChI is InChI=1S/C20H18N2O4/c1-11(23)25-15-5-3-12-9-14-13-4-6-16(24-2)19-20(13,7-8-22(14)10-21)17(12)18(15)26-19/h3-6,14,19H,7-9H2,1-2H3/q+1/t14-,19+,20+/m1/s1. The summed E-state index contributed by atoms with van der Waals surface area (Å²) in [5.74, 6) is 2.68. The molecular weight excluding hydrogens is 332 g/mol. The van der Waals surface area contributed by atoms with Crippen LogP contribution in [0.4, 0.5) is 0 Å². The molecule has 26 heavy (non-hydrogen) atoms. The first kappa shape index (κ1) is 15.4. The van der Waals surface area contributed by atoms with Crippen molar-refractivity contribution in [2.45, 2.75) is 37.3 Å². The molecule has 1 saturated heterocycles. The van der Waals surface area contributed by atoms with Crippen molar-refractivity contribution in [3.8, 4) is 17.7 Å². The van der Waals surface area contributed by atoms with E-state index in [0.717, 1.165) is 29.8 Å². The third-order valence-corrected chi connectivity index (χ3v) is 6.05. The minimum atomic E-state index is -0.372. The molecule has 0 saturated carbocycles. The van der Waals surface area contributed by atoms with Gasteiger partial charge in [0.2, 0.25) is 6.10 Å². The van der Waals surface area contributed by atoms with Crippen LogP contribution in [0.1, 0.15) is 24.5 Å². The summed E-state index contributed by atoms with van der Waals surface area (Å²) < 4.78 is 17.4. The van der Waals surface area contributed by atoms with Crippen molar-refractivity contribution < 1.29 is 18.7 Å². The van der Waals surface area contributed by atoms with Gasteiger partial charge in [-0.05, 0) is 24.5 Å². The maximum atomic E-state index is 11.5. The minimum Gasteiger partial charge on any atom is -0.471 e. The number of hydrogen-bond acceptors (Lipinski definition) is 5. The monoisotopic (exact) mass is 350 g/mol. The highest BCUT2D eigenvalue weighted by molar-refractivity contribution is 6.00. The Labute approximate surface area is 151 Å². The maximum absolute atomic E-state index is 11.5. The van der Waals surface area contributed by atoms with Gasteiger partial charge in [0.1, 0.15) is 0 Å². The largest absolute Gasteiger partial charge is 0.471 e. The Kier molecular flexibility index (Phi) is 3.03. The van der Waals surface area contributed by atoms with Crippen molar-refractivity contribution in [1.82, 2.24) is 4.90 Å².